The lowest BCUT2D eigenvalue weighted by Gasteiger charge is -2.58. The van der Waals surface area contributed by atoms with Crippen molar-refractivity contribution in [3.05, 3.63) is 59.7 Å². The lowest BCUT2D eigenvalue weighted by atomic mass is 9.55. The van der Waals surface area contributed by atoms with Gasteiger partial charge in [-0.25, -0.2) is 8.78 Å². The Labute approximate surface area is 145 Å². The Bertz CT molecular complexity index is 770. The number of benzene rings is 2. The molecule has 0 amide bonds. The molecule has 1 aliphatic carbocycles. The van der Waals surface area contributed by atoms with Crippen molar-refractivity contribution in [1.82, 2.24) is 0 Å². The minimum absolute atomic E-state index is 0.0708. The third-order valence-corrected chi connectivity index (χ3v) is 4.67. The molecule has 0 aromatic heterocycles. The Morgan fingerprint density at radius 2 is 0.962 bits per heavy atom. The molecule has 0 radical (unpaired) electrons. The third kappa shape index (κ3) is 1.90. The summed E-state index contributed by atoms with van der Waals surface area (Å²) in [6.45, 7) is 0. The molecule has 0 spiro atoms. The Morgan fingerprint density at radius 1 is 0.615 bits per heavy atom. The van der Waals surface area contributed by atoms with Crippen molar-refractivity contribution in [3.8, 4) is 11.5 Å². The minimum Gasteiger partial charge on any atom is -0.497 e. The van der Waals surface area contributed by atoms with Crippen molar-refractivity contribution in [1.29, 1.82) is 0 Å². The largest absolute Gasteiger partial charge is 0.497 e. The van der Waals surface area contributed by atoms with Crippen LogP contribution in [0, 0.1) is 0 Å². The summed E-state index contributed by atoms with van der Waals surface area (Å²) >= 11 is 0. The van der Waals surface area contributed by atoms with Gasteiger partial charge in [0.25, 0.3) is 0 Å². The van der Waals surface area contributed by atoms with E-state index >= 15 is 8.78 Å². The molecule has 1 fully saturated rings. The van der Waals surface area contributed by atoms with Gasteiger partial charge in [0.2, 0.25) is 11.3 Å². The van der Waals surface area contributed by atoms with Crippen molar-refractivity contribution in [3.63, 3.8) is 0 Å². The maximum atomic E-state index is 15.5. The van der Waals surface area contributed by atoms with Gasteiger partial charge in [-0.05, 0) is 24.3 Å². The van der Waals surface area contributed by atoms with Gasteiger partial charge in [-0.15, -0.1) is 0 Å². The van der Waals surface area contributed by atoms with Crippen LogP contribution in [0.1, 0.15) is 11.1 Å². The van der Waals surface area contributed by atoms with Crippen LogP contribution in [-0.4, -0.2) is 26.1 Å². The molecular formula is C18H14F6O2. The quantitative estimate of drug-likeness (QED) is 0.698. The molecule has 3 rings (SSSR count). The molecular weight excluding hydrogens is 362 g/mol. The number of hydrogen-bond acceptors (Lipinski definition) is 2. The fourth-order valence-corrected chi connectivity index (χ4v) is 3.24. The first-order valence-electron chi connectivity index (χ1n) is 7.50. The van der Waals surface area contributed by atoms with Gasteiger partial charge in [0.1, 0.15) is 11.5 Å². The van der Waals surface area contributed by atoms with Crippen LogP contribution >= 0.6 is 0 Å². The van der Waals surface area contributed by atoms with Crippen molar-refractivity contribution in [2.45, 2.75) is 23.2 Å². The van der Waals surface area contributed by atoms with E-state index in [1.807, 2.05) is 0 Å². The summed E-state index contributed by atoms with van der Waals surface area (Å²) in [5, 5.41) is 0. The highest BCUT2D eigenvalue weighted by molar-refractivity contribution is 5.50. The van der Waals surface area contributed by atoms with E-state index in [0.29, 0.717) is 0 Å². The monoisotopic (exact) mass is 376 g/mol. The molecule has 26 heavy (non-hydrogen) atoms. The molecule has 0 unspecified atom stereocenters. The van der Waals surface area contributed by atoms with Gasteiger partial charge in [-0.2, -0.15) is 17.6 Å². The second kappa shape index (κ2) is 5.56. The minimum atomic E-state index is -5.27. The smallest absolute Gasteiger partial charge is 0.355 e. The fraction of sp³-hybridized carbons (Fsp3) is 0.333. The molecule has 0 aliphatic heterocycles. The van der Waals surface area contributed by atoms with Crippen LogP contribution in [0.15, 0.2) is 48.5 Å². The highest BCUT2D eigenvalue weighted by Gasteiger charge is 2.98. The lowest BCUT2D eigenvalue weighted by molar-refractivity contribution is -0.451. The Morgan fingerprint density at radius 3 is 1.27 bits per heavy atom. The highest BCUT2D eigenvalue weighted by atomic mass is 19.3. The van der Waals surface area contributed by atoms with Crippen LogP contribution in [-0.2, 0) is 11.3 Å². The standard InChI is InChI=1S/C18H14F6O2/c1-25-13-7-3-5-11(9-13)15(19)16(20,18(23,24)17(15,21)22)12-6-4-8-14(10-12)26-2/h3-10H,1-2H3/t15-,16+. The number of hydrogen-bond donors (Lipinski definition) is 0. The third-order valence-electron chi connectivity index (χ3n) is 4.67. The van der Waals surface area contributed by atoms with Crippen LogP contribution in [0.25, 0.3) is 0 Å². The van der Waals surface area contributed by atoms with Crippen molar-refractivity contribution < 1.29 is 35.8 Å². The lowest BCUT2D eigenvalue weighted by Crippen LogP contribution is -2.82. The molecule has 8 heteroatoms. The highest BCUT2D eigenvalue weighted by Crippen LogP contribution is 2.76. The number of ether oxygens (including phenoxy) is 2. The maximum Gasteiger partial charge on any atom is 0.355 e. The summed E-state index contributed by atoms with van der Waals surface area (Å²) < 4.78 is 97.5. The van der Waals surface area contributed by atoms with Crippen molar-refractivity contribution in [2.75, 3.05) is 14.2 Å². The van der Waals surface area contributed by atoms with Gasteiger partial charge in [0.05, 0.1) is 14.2 Å². The number of alkyl halides is 6. The summed E-state index contributed by atoms with van der Waals surface area (Å²) in [5.74, 6) is -10.7. The molecule has 1 aliphatic rings. The van der Waals surface area contributed by atoms with E-state index in [4.69, 9.17) is 9.47 Å². The fourth-order valence-electron chi connectivity index (χ4n) is 3.24. The predicted octanol–water partition coefficient (Wildman–Crippen LogP) is 5.02. The predicted molar refractivity (Wildman–Crippen MR) is 81.5 cm³/mol. The van der Waals surface area contributed by atoms with Crippen LogP contribution in [0.5, 0.6) is 11.5 Å². The topological polar surface area (TPSA) is 18.5 Å². The van der Waals surface area contributed by atoms with Crippen LogP contribution in [0.2, 0.25) is 0 Å². The van der Waals surface area contributed by atoms with Crippen molar-refractivity contribution in [2.24, 2.45) is 0 Å². The number of halogens is 6. The zero-order valence-corrected chi connectivity index (χ0v) is 13.7. The second-order valence-corrected chi connectivity index (χ2v) is 5.93. The molecule has 0 bridgehead atoms. The summed E-state index contributed by atoms with van der Waals surface area (Å²) in [5.41, 5.74) is -10.5. The summed E-state index contributed by atoms with van der Waals surface area (Å²) in [4.78, 5) is 0. The SMILES string of the molecule is COc1cccc([C@@]2(F)C(F)(F)C(F)(F)[C@@]2(F)c2cccc(OC)c2)c1. The van der Waals surface area contributed by atoms with Crippen LogP contribution in [0.4, 0.5) is 26.3 Å². The van der Waals surface area contributed by atoms with E-state index < -0.39 is 34.3 Å². The molecule has 140 valence electrons. The van der Waals surface area contributed by atoms with E-state index in [0.717, 1.165) is 36.4 Å². The van der Waals surface area contributed by atoms with E-state index in [2.05, 4.69) is 0 Å². The second-order valence-electron chi connectivity index (χ2n) is 5.93. The van der Waals surface area contributed by atoms with Gasteiger partial charge in [-0.3, -0.25) is 0 Å². The first kappa shape index (κ1) is 18.4. The average Bonchev–Trinajstić information content (AvgIpc) is 2.65. The van der Waals surface area contributed by atoms with Crippen LogP contribution in [0.3, 0.4) is 0 Å². The summed E-state index contributed by atoms with van der Waals surface area (Å²) in [6, 6.07) is 8.03. The molecule has 2 atom stereocenters. The Balaban J connectivity index is 2.26. The molecule has 0 saturated heterocycles. The number of rotatable bonds is 4. The molecule has 2 aromatic carbocycles. The first-order chi connectivity index (χ1) is 12.1. The average molecular weight is 376 g/mol. The van der Waals surface area contributed by atoms with E-state index in [1.54, 1.807) is 0 Å². The zero-order chi connectivity index (χ0) is 19.4. The molecule has 0 heterocycles. The van der Waals surface area contributed by atoms with Crippen molar-refractivity contribution >= 4 is 0 Å². The maximum absolute atomic E-state index is 15.5. The zero-order valence-electron chi connectivity index (χ0n) is 13.7. The Hall–Kier alpha value is -2.38. The molecule has 2 aromatic rings. The molecule has 0 N–H and O–H groups in total. The summed E-state index contributed by atoms with van der Waals surface area (Å²) in [7, 11) is 2.37. The van der Waals surface area contributed by atoms with Gasteiger partial charge in [-0.1, -0.05) is 24.3 Å². The van der Waals surface area contributed by atoms with Gasteiger partial charge < -0.3 is 9.47 Å². The van der Waals surface area contributed by atoms with E-state index in [1.165, 1.54) is 26.4 Å². The van der Waals surface area contributed by atoms with E-state index in [9.17, 15) is 17.6 Å². The first-order valence-corrected chi connectivity index (χ1v) is 7.50. The van der Waals surface area contributed by atoms with Gasteiger partial charge >= 0.3 is 11.8 Å². The van der Waals surface area contributed by atoms with Crippen LogP contribution < -0.4 is 9.47 Å². The molecule has 1 saturated carbocycles. The summed E-state index contributed by atoms with van der Waals surface area (Å²) in [6.07, 6.45) is 0. The van der Waals surface area contributed by atoms with E-state index in [-0.39, 0.29) is 11.5 Å². The molecule has 2 nitrogen and oxygen atoms in total. The van der Waals surface area contributed by atoms with Gasteiger partial charge in [0.15, 0.2) is 0 Å². The normalized spacial score (nSPS) is 28.9. The number of methoxy groups -OCH3 is 2. The van der Waals surface area contributed by atoms with Gasteiger partial charge in [0, 0.05) is 11.1 Å². The Kier molecular flexibility index (Phi) is 3.94.